The van der Waals surface area contributed by atoms with Crippen molar-refractivity contribution in [3.8, 4) is 0 Å². The summed E-state index contributed by atoms with van der Waals surface area (Å²) in [5.41, 5.74) is 2.37. The summed E-state index contributed by atoms with van der Waals surface area (Å²) in [6.45, 7) is 1.97. The minimum absolute atomic E-state index is 0.0165. The van der Waals surface area contributed by atoms with Crippen molar-refractivity contribution in [3.63, 3.8) is 0 Å². The standard InChI is InChI=1S/C15H18N4OS/c1-9-4-3-5-11(17-9)13(10-6-7-10)19-14(20)12-8-21-15(16-2)18-12/h3-5,8,10,13H,6-7H2,1-2H3,(H,16,18)(H,19,20)/t13-/m1/s1. The molecule has 0 aliphatic heterocycles. The minimum atomic E-state index is -0.132. The maximum absolute atomic E-state index is 12.4. The predicted molar refractivity (Wildman–Crippen MR) is 83.6 cm³/mol. The van der Waals surface area contributed by atoms with E-state index in [1.54, 1.807) is 12.4 Å². The van der Waals surface area contributed by atoms with Crippen LogP contribution in [0.1, 0.15) is 40.8 Å². The SMILES string of the molecule is CNc1nc(C(=O)N[C@@H](c2cccc(C)n2)C2CC2)cs1. The fraction of sp³-hybridized carbons (Fsp3) is 0.400. The number of hydrogen-bond donors (Lipinski definition) is 2. The molecule has 2 aromatic rings. The number of hydrogen-bond acceptors (Lipinski definition) is 5. The first kappa shape index (κ1) is 14.0. The van der Waals surface area contributed by atoms with Crippen LogP contribution in [-0.4, -0.2) is 22.9 Å². The van der Waals surface area contributed by atoms with E-state index in [-0.39, 0.29) is 11.9 Å². The van der Waals surface area contributed by atoms with Gasteiger partial charge in [-0.25, -0.2) is 4.98 Å². The molecule has 0 unspecified atom stereocenters. The molecule has 1 fully saturated rings. The molecule has 1 amide bonds. The van der Waals surface area contributed by atoms with E-state index in [0.29, 0.717) is 11.6 Å². The molecule has 21 heavy (non-hydrogen) atoms. The van der Waals surface area contributed by atoms with E-state index in [0.717, 1.165) is 29.4 Å². The maximum Gasteiger partial charge on any atom is 0.271 e. The molecule has 0 saturated heterocycles. The van der Waals surface area contributed by atoms with E-state index >= 15 is 0 Å². The average Bonchev–Trinajstić information content (AvgIpc) is 3.20. The van der Waals surface area contributed by atoms with Crippen LogP contribution in [0.4, 0.5) is 5.13 Å². The number of thiazole rings is 1. The highest BCUT2D eigenvalue weighted by molar-refractivity contribution is 7.13. The molecule has 0 radical (unpaired) electrons. The van der Waals surface area contributed by atoms with Gasteiger partial charge in [-0.15, -0.1) is 11.3 Å². The molecular weight excluding hydrogens is 284 g/mol. The summed E-state index contributed by atoms with van der Waals surface area (Å²) in [5, 5.41) is 8.56. The smallest absolute Gasteiger partial charge is 0.271 e. The second kappa shape index (κ2) is 5.81. The van der Waals surface area contributed by atoms with Gasteiger partial charge < -0.3 is 10.6 Å². The van der Waals surface area contributed by atoms with Crippen molar-refractivity contribution in [2.24, 2.45) is 5.92 Å². The summed E-state index contributed by atoms with van der Waals surface area (Å²) in [7, 11) is 1.80. The Bertz CT molecular complexity index is 651. The lowest BCUT2D eigenvalue weighted by atomic mass is 10.1. The highest BCUT2D eigenvalue weighted by Gasteiger charge is 2.34. The van der Waals surface area contributed by atoms with Crippen molar-refractivity contribution in [2.75, 3.05) is 12.4 Å². The molecule has 1 aliphatic carbocycles. The van der Waals surface area contributed by atoms with Crippen molar-refractivity contribution in [1.82, 2.24) is 15.3 Å². The molecule has 2 heterocycles. The van der Waals surface area contributed by atoms with Gasteiger partial charge in [-0.2, -0.15) is 0 Å². The maximum atomic E-state index is 12.4. The molecule has 1 aliphatic rings. The molecule has 0 bridgehead atoms. The first-order valence-corrected chi connectivity index (χ1v) is 7.93. The molecular formula is C15H18N4OS. The van der Waals surface area contributed by atoms with Crippen LogP contribution in [0.2, 0.25) is 0 Å². The highest BCUT2D eigenvalue weighted by atomic mass is 32.1. The summed E-state index contributed by atoms with van der Waals surface area (Å²) in [6, 6.07) is 5.92. The number of aryl methyl sites for hydroxylation is 1. The number of rotatable bonds is 5. The molecule has 0 spiro atoms. The molecule has 5 nitrogen and oxygen atoms in total. The molecule has 2 N–H and O–H groups in total. The van der Waals surface area contributed by atoms with Crippen molar-refractivity contribution >= 4 is 22.4 Å². The molecule has 110 valence electrons. The number of carbonyl (C=O) groups excluding carboxylic acids is 1. The largest absolute Gasteiger partial charge is 0.365 e. The van der Waals surface area contributed by atoms with E-state index in [4.69, 9.17) is 0 Å². The summed E-state index contributed by atoms with van der Waals surface area (Å²) < 4.78 is 0. The van der Waals surface area contributed by atoms with Gasteiger partial charge in [0, 0.05) is 18.1 Å². The third-order valence-electron chi connectivity index (χ3n) is 3.56. The quantitative estimate of drug-likeness (QED) is 0.891. The summed E-state index contributed by atoms with van der Waals surface area (Å²) in [6.07, 6.45) is 2.28. The van der Waals surface area contributed by atoms with E-state index < -0.39 is 0 Å². The molecule has 3 rings (SSSR count). The van der Waals surface area contributed by atoms with Gasteiger partial charge in [-0.05, 0) is 37.8 Å². The van der Waals surface area contributed by atoms with E-state index in [1.165, 1.54) is 11.3 Å². The first-order chi connectivity index (χ1) is 10.2. The second-order valence-electron chi connectivity index (χ2n) is 5.28. The topological polar surface area (TPSA) is 66.9 Å². The van der Waals surface area contributed by atoms with Crippen LogP contribution in [0.5, 0.6) is 0 Å². The Morgan fingerprint density at radius 2 is 2.19 bits per heavy atom. The van der Waals surface area contributed by atoms with Crippen LogP contribution in [-0.2, 0) is 0 Å². The van der Waals surface area contributed by atoms with Crippen LogP contribution in [0.3, 0.4) is 0 Å². The zero-order chi connectivity index (χ0) is 14.8. The van der Waals surface area contributed by atoms with E-state index in [2.05, 4.69) is 20.6 Å². The third kappa shape index (κ3) is 3.21. The number of nitrogens with one attached hydrogen (secondary N) is 2. The average molecular weight is 302 g/mol. The Hall–Kier alpha value is -1.95. The normalized spacial score (nSPS) is 15.5. The lowest BCUT2D eigenvalue weighted by molar-refractivity contribution is 0.0926. The number of nitrogens with zero attached hydrogens (tertiary/aromatic N) is 2. The summed E-state index contributed by atoms with van der Waals surface area (Å²) in [4.78, 5) is 21.2. The Kier molecular flexibility index (Phi) is 3.88. The second-order valence-corrected chi connectivity index (χ2v) is 6.14. The molecule has 6 heteroatoms. The van der Waals surface area contributed by atoms with Gasteiger partial charge in [0.25, 0.3) is 5.91 Å². The Morgan fingerprint density at radius 1 is 1.38 bits per heavy atom. The minimum Gasteiger partial charge on any atom is -0.365 e. The van der Waals surface area contributed by atoms with Gasteiger partial charge in [-0.3, -0.25) is 9.78 Å². The number of aromatic nitrogens is 2. The van der Waals surface area contributed by atoms with Crippen LogP contribution in [0.25, 0.3) is 0 Å². The zero-order valence-electron chi connectivity index (χ0n) is 12.1. The molecule has 0 aromatic carbocycles. The van der Waals surface area contributed by atoms with Crippen LogP contribution in [0.15, 0.2) is 23.6 Å². The van der Waals surface area contributed by atoms with Gasteiger partial charge >= 0.3 is 0 Å². The number of anilines is 1. The lowest BCUT2D eigenvalue weighted by Gasteiger charge is -2.17. The molecule has 1 saturated carbocycles. The van der Waals surface area contributed by atoms with Gasteiger partial charge in [-0.1, -0.05) is 6.07 Å². The predicted octanol–water partition coefficient (Wildman–Crippen LogP) is 2.77. The number of pyridine rings is 1. The monoisotopic (exact) mass is 302 g/mol. The lowest BCUT2D eigenvalue weighted by Crippen LogP contribution is -2.30. The van der Waals surface area contributed by atoms with Crippen molar-refractivity contribution in [2.45, 2.75) is 25.8 Å². The fourth-order valence-corrected chi connectivity index (χ4v) is 2.96. The fourth-order valence-electron chi connectivity index (χ4n) is 2.31. The van der Waals surface area contributed by atoms with Crippen molar-refractivity contribution in [3.05, 3.63) is 40.7 Å². The summed E-state index contributed by atoms with van der Waals surface area (Å²) >= 11 is 1.43. The highest BCUT2D eigenvalue weighted by Crippen LogP contribution is 2.40. The summed E-state index contributed by atoms with van der Waals surface area (Å²) in [5.74, 6) is 0.360. The zero-order valence-corrected chi connectivity index (χ0v) is 12.9. The Morgan fingerprint density at radius 3 is 2.81 bits per heavy atom. The van der Waals surface area contributed by atoms with Crippen molar-refractivity contribution < 1.29 is 4.79 Å². The molecule has 2 aromatic heterocycles. The Labute approximate surface area is 127 Å². The number of carbonyl (C=O) groups is 1. The van der Waals surface area contributed by atoms with Gasteiger partial charge in [0.1, 0.15) is 5.69 Å². The van der Waals surface area contributed by atoms with Crippen molar-refractivity contribution in [1.29, 1.82) is 0 Å². The van der Waals surface area contributed by atoms with Crippen LogP contribution < -0.4 is 10.6 Å². The van der Waals surface area contributed by atoms with E-state index in [9.17, 15) is 4.79 Å². The number of amides is 1. The molecule has 1 atom stereocenters. The first-order valence-electron chi connectivity index (χ1n) is 7.05. The van der Waals surface area contributed by atoms with Gasteiger partial charge in [0.05, 0.1) is 11.7 Å². The Balaban J connectivity index is 1.77. The van der Waals surface area contributed by atoms with Gasteiger partial charge in [0.15, 0.2) is 5.13 Å². The van der Waals surface area contributed by atoms with Gasteiger partial charge in [0.2, 0.25) is 0 Å². The van der Waals surface area contributed by atoms with E-state index in [1.807, 2.05) is 25.1 Å². The van der Waals surface area contributed by atoms with Crippen LogP contribution >= 0.6 is 11.3 Å². The van der Waals surface area contributed by atoms with Crippen LogP contribution in [0, 0.1) is 12.8 Å². The third-order valence-corrected chi connectivity index (χ3v) is 4.42.